The Morgan fingerprint density at radius 1 is 1.03 bits per heavy atom. The van der Waals surface area contributed by atoms with E-state index < -0.39 is 0 Å². The molecule has 0 saturated heterocycles. The summed E-state index contributed by atoms with van der Waals surface area (Å²) < 4.78 is 0. The van der Waals surface area contributed by atoms with Crippen LogP contribution in [0.25, 0.3) is 0 Å². The van der Waals surface area contributed by atoms with Gasteiger partial charge in [0.1, 0.15) is 12.5 Å². The highest BCUT2D eigenvalue weighted by Gasteiger charge is 2.53. The summed E-state index contributed by atoms with van der Waals surface area (Å²) in [7, 11) is 1.65. The predicted octanol–water partition coefficient (Wildman–Crippen LogP) is 5.23. The van der Waals surface area contributed by atoms with Gasteiger partial charge >= 0.3 is 4.87 Å². The second kappa shape index (κ2) is 12.7. The van der Waals surface area contributed by atoms with Crippen molar-refractivity contribution < 1.29 is 14.7 Å². The van der Waals surface area contributed by atoms with Gasteiger partial charge in [0.05, 0.1) is 5.03 Å². The number of aromatic amines is 1. The van der Waals surface area contributed by atoms with Crippen LogP contribution in [0.2, 0.25) is 0 Å². The Hall–Kier alpha value is -2.84. The van der Waals surface area contributed by atoms with Gasteiger partial charge in [-0.1, -0.05) is 54.7 Å². The monoisotopic (exact) mass is 512 g/mol. The lowest BCUT2D eigenvalue weighted by Gasteiger charge is -2.36. The zero-order valence-electron chi connectivity index (χ0n) is 20.0. The molecule has 1 amide bonds. The summed E-state index contributed by atoms with van der Waals surface area (Å²) in [4.78, 5) is 35.5. The van der Waals surface area contributed by atoms with Crippen molar-refractivity contribution in [1.82, 2.24) is 4.98 Å². The molecule has 186 valence electrons. The Labute approximate surface area is 214 Å². The fraction of sp³-hybridized carbons (Fsp3) is 0.370. The molecule has 2 aromatic carbocycles. The van der Waals surface area contributed by atoms with Gasteiger partial charge in [-0.3, -0.25) is 9.59 Å². The van der Waals surface area contributed by atoms with Gasteiger partial charge in [0.25, 0.3) is 0 Å². The van der Waals surface area contributed by atoms with E-state index in [0.29, 0.717) is 6.41 Å². The molecule has 0 radical (unpaired) electrons. The van der Waals surface area contributed by atoms with E-state index in [1.165, 1.54) is 57.5 Å². The van der Waals surface area contributed by atoms with Gasteiger partial charge in [-0.2, -0.15) is 0 Å². The molecule has 2 saturated carbocycles. The van der Waals surface area contributed by atoms with Crippen molar-refractivity contribution in [2.75, 3.05) is 11.9 Å². The maximum Gasteiger partial charge on any atom is 0.305 e. The Kier molecular flexibility index (Phi) is 9.74. The first-order valence-corrected chi connectivity index (χ1v) is 13.3. The molecule has 6 rings (SSSR count). The number of fused-ring (bicyclic) bond motifs is 6. The Morgan fingerprint density at radius 3 is 2.20 bits per heavy atom. The number of benzene rings is 2. The van der Waals surface area contributed by atoms with Crippen LogP contribution in [0.15, 0.2) is 70.5 Å². The topological polar surface area (TPSA) is 90.5 Å². The van der Waals surface area contributed by atoms with Crippen LogP contribution in [0.5, 0.6) is 5.75 Å². The van der Waals surface area contributed by atoms with E-state index in [1.807, 2.05) is 54.9 Å². The van der Waals surface area contributed by atoms with Crippen molar-refractivity contribution in [3.05, 3.63) is 75.2 Å². The summed E-state index contributed by atoms with van der Waals surface area (Å²) in [5.74, 6) is 3.84. The third-order valence-electron chi connectivity index (χ3n) is 6.87. The van der Waals surface area contributed by atoms with Crippen molar-refractivity contribution in [3.8, 4) is 5.75 Å². The average Bonchev–Trinajstić information content (AvgIpc) is 3.57. The number of phenols is 1. The molecule has 2 N–H and O–H groups in total. The van der Waals surface area contributed by atoms with Crippen LogP contribution < -0.4 is 9.77 Å². The van der Waals surface area contributed by atoms with E-state index in [0.717, 1.165) is 34.6 Å². The molecule has 3 aromatic rings. The Morgan fingerprint density at radius 2 is 1.63 bits per heavy atom. The molecule has 2 aliphatic carbocycles. The predicted molar refractivity (Wildman–Crippen MR) is 143 cm³/mol. The largest absolute Gasteiger partial charge is 0.508 e. The smallest absolute Gasteiger partial charge is 0.305 e. The molecule has 1 aromatic heterocycles. The molecule has 2 heterocycles. The van der Waals surface area contributed by atoms with E-state index in [1.54, 1.807) is 19.2 Å². The molecule has 2 bridgehead atoms. The van der Waals surface area contributed by atoms with E-state index in [-0.39, 0.29) is 10.6 Å². The zero-order valence-corrected chi connectivity index (χ0v) is 21.6. The Bertz CT molecular complexity index is 1090. The second-order valence-electron chi connectivity index (χ2n) is 8.98. The lowest BCUT2D eigenvalue weighted by atomic mass is 9.80. The summed E-state index contributed by atoms with van der Waals surface area (Å²) in [6, 6.07) is 18.4. The number of aromatic hydroxyl groups is 1. The minimum Gasteiger partial charge on any atom is -0.508 e. The number of nitrogens with one attached hydrogen (secondary N) is 1. The number of carbonyl (C=O) groups excluding carboxylic acids is 2. The van der Waals surface area contributed by atoms with Crippen LogP contribution in [0.3, 0.4) is 0 Å². The third kappa shape index (κ3) is 6.64. The SMILES string of the molecule is C=O.CC1C[C@H]2C[C@@H]1[C@@H]1Sc3[nH]c(=O)sc3C[C@H]21.CN(C=O)c1ccc(O)cc1.c1ccccc1. The highest BCUT2D eigenvalue weighted by molar-refractivity contribution is 8.00. The minimum atomic E-state index is 0.137. The van der Waals surface area contributed by atoms with Crippen LogP contribution in [-0.4, -0.2) is 35.6 Å². The number of aromatic nitrogens is 1. The first-order chi connectivity index (χ1) is 17.0. The van der Waals surface area contributed by atoms with Gasteiger partial charge < -0.3 is 19.8 Å². The van der Waals surface area contributed by atoms with Gasteiger partial charge in [-0.05, 0) is 67.2 Å². The summed E-state index contributed by atoms with van der Waals surface area (Å²) in [6.07, 6.45) is 4.76. The number of rotatable bonds is 2. The van der Waals surface area contributed by atoms with E-state index in [9.17, 15) is 9.59 Å². The van der Waals surface area contributed by atoms with E-state index in [4.69, 9.17) is 9.90 Å². The Balaban J connectivity index is 0.000000157. The number of anilines is 1. The van der Waals surface area contributed by atoms with Crippen LogP contribution in [0, 0.1) is 23.7 Å². The number of hydrogen-bond acceptors (Lipinski definition) is 6. The third-order valence-corrected chi connectivity index (χ3v) is 9.46. The molecule has 3 aliphatic rings. The standard InChI is InChI=1S/C12H15NOS2.C8H9NO2.C6H6.CH2O/c1-5-2-6-3-7(5)10-8(6)4-9-11(16-10)13-12(14)15-9;1-9(6-10)7-2-4-8(11)5-3-7;1-2-4-6-5-3-1;1-2/h5-8,10H,2-4H2,1H3,(H,13,14);2-6,11H,1H3;1-6H;1H2/t5?,6-,7-,8+,10-;;;/m0.../s1. The molecule has 35 heavy (non-hydrogen) atoms. The number of thiazole rings is 1. The second-order valence-corrected chi connectivity index (χ2v) is 11.2. The normalized spacial score (nSPS) is 24.7. The number of H-pyrrole nitrogens is 1. The van der Waals surface area contributed by atoms with Crippen molar-refractivity contribution in [2.24, 2.45) is 23.7 Å². The number of hydrogen-bond donors (Lipinski definition) is 2. The van der Waals surface area contributed by atoms with Crippen LogP contribution >= 0.6 is 23.1 Å². The number of thioether (sulfide) groups is 1. The van der Waals surface area contributed by atoms with E-state index >= 15 is 0 Å². The van der Waals surface area contributed by atoms with Crippen molar-refractivity contribution in [2.45, 2.75) is 36.5 Å². The molecule has 6 nitrogen and oxygen atoms in total. The molecule has 1 aliphatic heterocycles. The molecular weight excluding hydrogens is 480 g/mol. The first-order valence-electron chi connectivity index (χ1n) is 11.6. The summed E-state index contributed by atoms with van der Waals surface area (Å²) in [6.45, 7) is 4.41. The average molecular weight is 513 g/mol. The number of carbonyl (C=O) groups is 2. The fourth-order valence-electron chi connectivity index (χ4n) is 5.24. The molecule has 2 fully saturated rings. The molecular formula is C27H32N2O4S2. The lowest BCUT2D eigenvalue weighted by Crippen LogP contribution is -2.32. The van der Waals surface area contributed by atoms with Crippen LogP contribution in [0.1, 0.15) is 24.6 Å². The lowest BCUT2D eigenvalue weighted by molar-refractivity contribution is -0.107. The summed E-state index contributed by atoms with van der Waals surface area (Å²) in [5.41, 5.74) is 0.762. The highest BCUT2D eigenvalue weighted by Crippen LogP contribution is 2.60. The number of nitrogens with zero attached hydrogens (tertiary/aromatic N) is 1. The van der Waals surface area contributed by atoms with Crippen LogP contribution in [0.4, 0.5) is 5.69 Å². The van der Waals surface area contributed by atoms with Crippen molar-refractivity contribution in [1.29, 1.82) is 0 Å². The maximum atomic E-state index is 11.4. The van der Waals surface area contributed by atoms with Crippen molar-refractivity contribution in [3.63, 3.8) is 0 Å². The van der Waals surface area contributed by atoms with Crippen LogP contribution in [-0.2, 0) is 16.0 Å². The van der Waals surface area contributed by atoms with Gasteiger partial charge in [0.2, 0.25) is 6.41 Å². The fourth-order valence-corrected chi connectivity index (χ4v) is 8.06. The zero-order chi connectivity index (χ0) is 25.4. The molecule has 0 spiro atoms. The minimum absolute atomic E-state index is 0.137. The molecule has 8 heteroatoms. The highest BCUT2D eigenvalue weighted by atomic mass is 32.2. The first kappa shape index (κ1) is 26.8. The van der Waals surface area contributed by atoms with Gasteiger partial charge in [0, 0.05) is 22.9 Å². The van der Waals surface area contributed by atoms with Gasteiger partial charge in [0.15, 0.2) is 0 Å². The maximum absolute atomic E-state index is 11.4. The molecule has 5 atom stereocenters. The number of amides is 1. The van der Waals surface area contributed by atoms with Crippen molar-refractivity contribution >= 4 is 42.0 Å². The van der Waals surface area contributed by atoms with E-state index in [2.05, 4.69) is 11.9 Å². The van der Waals surface area contributed by atoms with Gasteiger partial charge in [-0.15, -0.1) is 11.8 Å². The van der Waals surface area contributed by atoms with Gasteiger partial charge in [-0.25, -0.2) is 0 Å². The molecule has 1 unspecified atom stereocenters. The quantitative estimate of drug-likeness (QED) is 0.459. The number of phenolic OH excluding ortho intramolecular Hbond substituents is 1. The summed E-state index contributed by atoms with van der Waals surface area (Å²) in [5, 5.41) is 10.9. The summed E-state index contributed by atoms with van der Waals surface area (Å²) >= 11 is 3.41.